The summed E-state index contributed by atoms with van der Waals surface area (Å²) in [5.41, 5.74) is 1.22. The molecule has 0 spiro atoms. The molecule has 1 aliphatic carbocycles. The molecule has 2 rings (SSSR count). The van der Waals surface area contributed by atoms with E-state index in [1.807, 2.05) is 13.8 Å². The molecule has 0 aromatic carbocycles. The SMILES string of the molecule is CC1=CCCC(C)(O)C2CC(CC(O)C(C)=CCC1)C(C)C(=O)O2. The second-order valence-corrected chi connectivity index (χ2v) is 7.89. The van der Waals surface area contributed by atoms with Gasteiger partial charge in [0.2, 0.25) is 0 Å². The van der Waals surface area contributed by atoms with Crippen LogP contribution in [0, 0.1) is 11.8 Å². The van der Waals surface area contributed by atoms with Crippen molar-refractivity contribution in [3.05, 3.63) is 23.3 Å². The molecule has 1 aliphatic heterocycles. The van der Waals surface area contributed by atoms with E-state index in [0.29, 0.717) is 19.3 Å². The molecule has 2 bridgehead atoms. The number of carbonyl (C=O) groups is 1. The minimum absolute atomic E-state index is 0.0290. The summed E-state index contributed by atoms with van der Waals surface area (Å²) in [5, 5.41) is 21.3. The van der Waals surface area contributed by atoms with Gasteiger partial charge in [0.15, 0.2) is 0 Å². The second kappa shape index (κ2) is 7.83. The molecule has 1 heterocycles. The van der Waals surface area contributed by atoms with E-state index >= 15 is 0 Å². The van der Waals surface area contributed by atoms with Crippen molar-refractivity contribution in [2.75, 3.05) is 0 Å². The Morgan fingerprint density at radius 2 is 1.92 bits per heavy atom. The van der Waals surface area contributed by atoms with E-state index < -0.39 is 17.8 Å². The van der Waals surface area contributed by atoms with Gasteiger partial charge >= 0.3 is 5.97 Å². The molecule has 0 aromatic heterocycles. The number of ether oxygens (including phenoxy) is 1. The van der Waals surface area contributed by atoms with Crippen molar-refractivity contribution >= 4 is 5.97 Å². The van der Waals surface area contributed by atoms with E-state index in [4.69, 9.17) is 4.74 Å². The van der Waals surface area contributed by atoms with Crippen molar-refractivity contribution in [2.45, 2.75) is 84.0 Å². The predicted molar refractivity (Wildman–Crippen MR) is 94.4 cm³/mol. The minimum atomic E-state index is -1.04. The van der Waals surface area contributed by atoms with Crippen LogP contribution in [-0.4, -0.2) is 34.0 Å². The number of esters is 1. The lowest BCUT2D eigenvalue weighted by Crippen LogP contribution is -2.49. The van der Waals surface area contributed by atoms with E-state index in [1.54, 1.807) is 6.92 Å². The maximum Gasteiger partial charge on any atom is 0.309 e. The van der Waals surface area contributed by atoms with Crippen LogP contribution < -0.4 is 0 Å². The lowest BCUT2D eigenvalue weighted by atomic mass is 9.76. The van der Waals surface area contributed by atoms with E-state index in [2.05, 4.69) is 19.1 Å². The Labute approximate surface area is 145 Å². The molecular weight excluding hydrogens is 304 g/mol. The highest BCUT2D eigenvalue weighted by molar-refractivity contribution is 5.73. The fourth-order valence-electron chi connectivity index (χ4n) is 3.66. The van der Waals surface area contributed by atoms with Crippen molar-refractivity contribution in [3.63, 3.8) is 0 Å². The smallest absolute Gasteiger partial charge is 0.309 e. The average Bonchev–Trinajstić information content (AvgIpc) is 2.50. The van der Waals surface area contributed by atoms with Gasteiger partial charge in [0.05, 0.1) is 17.6 Å². The molecule has 136 valence electrons. The minimum Gasteiger partial charge on any atom is -0.459 e. The number of aliphatic hydroxyl groups excluding tert-OH is 1. The Morgan fingerprint density at radius 1 is 1.21 bits per heavy atom. The molecule has 1 fully saturated rings. The molecule has 0 aromatic rings. The quantitative estimate of drug-likeness (QED) is 0.525. The summed E-state index contributed by atoms with van der Waals surface area (Å²) >= 11 is 0. The number of rotatable bonds is 0. The van der Waals surface area contributed by atoms with E-state index in [1.165, 1.54) is 5.57 Å². The molecular formula is C20H32O4. The Balaban J connectivity index is 2.26. The predicted octanol–water partition coefficient (Wildman–Crippen LogP) is 3.52. The first-order valence-electron chi connectivity index (χ1n) is 9.14. The number of hydrogen-bond acceptors (Lipinski definition) is 4. The first-order chi connectivity index (χ1) is 11.2. The highest BCUT2D eigenvalue weighted by atomic mass is 16.6. The van der Waals surface area contributed by atoms with Crippen LogP contribution in [0.3, 0.4) is 0 Å². The number of carbonyl (C=O) groups excluding carboxylic acids is 1. The normalized spacial score (nSPS) is 39.3. The largest absolute Gasteiger partial charge is 0.459 e. The second-order valence-electron chi connectivity index (χ2n) is 7.89. The van der Waals surface area contributed by atoms with Crippen LogP contribution in [0.1, 0.15) is 66.2 Å². The molecule has 4 heteroatoms. The molecule has 0 saturated carbocycles. The summed E-state index contributed by atoms with van der Waals surface area (Å²) in [6.45, 7) is 7.67. The zero-order chi connectivity index (χ0) is 17.9. The number of allylic oxidation sites excluding steroid dienone is 3. The summed E-state index contributed by atoms with van der Waals surface area (Å²) in [6.07, 6.45) is 7.58. The van der Waals surface area contributed by atoms with Gasteiger partial charge in [-0.05, 0) is 70.8 Å². The summed E-state index contributed by atoms with van der Waals surface area (Å²) < 4.78 is 5.53. The Kier molecular flexibility index (Phi) is 6.27. The molecule has 5 atom stereocenters. The highest BCUT2D eigenvalue weighted by Crippen LogP contribution is 2.37. The van der Waals surface area contributed by atoms with Gasteiger partial charge in [-0.1, -0.05) is 24.6 Å². The molecule has 4 nitrogen and oxygen atoms in total. The summed E-state index contributed by atoms with van der Waals surface area (Å²) in [7, 11) is 0. The molecule has 5 unspecified atom stereocenters. The average molecular weight is 336 g/mol. The van der Waals surface area contributed by atoms with Crippen LogP contribution in [0.5, 0.6) is 0 Å². The third-order valence-corrected chi connectivity index (χ3v) is 5.75. The number of fused-ring (bicyclic) bond motifs is 2. The number of aliphatic hydroxyl groups is 2. The summed E-state index contributed by atoms with van der Waals surface area (Å²) in [5.74, 6) is -0.472. The van der Waals surface area contributed by atoms with Crippen molar-refractivity contribution < 1.29 is 19.7 Å². The fourth-order valence-corrected chi connectivity index (χ4v) is 3.66. The molecule has 24 heavy (non-hydrogen) atoms. The van der Waals surface area contributed by atoms with Crippen LogP contribution in [0.4, 0.5) is 0 Å². The zero-order valence-electron chi connectivity index (χ0n) is 15.4. The topological polar surface area (TPSA) is 66.8 Å². The van der Waals surface area contributed by atoms with Crippen LogP contribution in [-0.2, 0) is 9.53 Å². The summed E-state index contributed by atoms with van der Waals surface area (Å²) in [4.78, 5) is 12.2. The van der Waals surface area contributed by atoms with Crippen molar-refractivity contribution in [2.24, 2.45) is 11.8 Å². The third kappa shape index (κ3) is 4.70. The molecule has 2 aliphatic rings. The van der Waals surface area contributed by atoms with Crippen molar-refractivity contribution in [3.8, 4) is 0 Å². The Hall–Kier alpha value is -1.13. The van der Waals surface area contributed by atoms with Gasteiger partial charge in [-0.15, -0.1) is 0 Å². The fraction of sp³-hybridized carbons (Fsp3) is 0.750. The number of hydrogen-bond donors (Lipinski definition) is 2. The van der Waals surface area contributed by atoms with Crippen LogP contribution >= 0.6 is 0 Å². The van der Waals surface area contributed by atoms with E-state index in [0.717, 1.165) is 24.8 Å². The lowest BCUT2D eigenvalue weighted by Gasteiger charge is -2.41. The highest BCUT2D eigenvalue weighted by Gasteiger charge is 2.44. The summed E-state index contributed by atoms with van der Waals surface area (Å²) in [6, 6.07) is 0. The standard InChI is InChI=1S/C20H32O4/c1-13-7-5-9-14(2)17(21)11-16-12-18(24-19(22)15(16)3)20(4,23)10-6-8-13/h8-9,15-18,21,23H,5-7,10-12H2,1-4H3. The third-order valence-electron chi connectivity index (χ3n) is 5.75. The van der Waals surface area contributed by atoms with Gasteiger partial charge in [0.1, 0.15) is 6.10 Å². The Morgan fingerprint density at radius 3 is 2.62 bits per heavy atom. The van der Waals surface area contributed by atoms with Gasteiger partial charge in [0, 0.05) is 0 Å². The van der Waals surface area contributed by atoms with E-state index in [-0.39, 0.29) is 17.8 Å². The van der Waals surface area contributed by atoms with Gasteiger partial charge in [-0.2, -0.15) is 0 Å². The molecule has 0 radical (unpaired) electrons. The lowest BCUT2D eigenvalue weighted by molar-refractivity contribution is -0.184. The molecule has 0 amide bonds. The first-order valence-corrected chi connectivity index (χ1v) is 9.14. The molecule has 1 saturated heterocycles. The monoisotopic (exact) mass is 336 g/mol. The van der Waals surface area contributed by atoms with E-state index in [9.17, 15) is 15.0 Å². The first kappa shape index (κ1) is 19.2. The van der Waals surface area contributed by atoms with Gasteiger partial charge in [0.25, 0.3) is 0 Å². The Bertz CT molecular complexity index is 518. The zero-order valence-corrected chi connectivity index (χ0v) is 15.4. The van der Waals surface area contributed by atoms with Crippen LogP contribution in [0.15, 0.2) is 23.3 Å². The maximum absolute atomic E-state index is 12.2. The maximum atomic E-state index is 12.2. The van der Waals surface area contributed by atoms with Crippen LogP contribution in [0.2, 0.25) is 0 Å². The van der Waals surface area contributed by atoms with Gasteiger partial charge < -0.3 is 14.9 Å². The van der Waals surface area contributed by atoms with Gasteiger partial charge in [-0.25, -0.2) is 0 Å². The van der Waals surface area contributed by atoms with Crippen molar-refractivity contribution in [1.82, 2.24) is 0 Å². The van der Waals surface area contributed by atoms with Gasteiger partial charge in [-0.3, -0.25) is 4.79 Å². The van der Waals surface area contributed by atoms with Crippen molar-refractivity contribution in [1.29, 1.82) is 0 Å². The molecule has 2 N–H and O–H groups in total. The van der Waals surface area contributed by atoms with Crippen LogP contribution in [0.25, 0.3) is 0 Å².